The van der Waals surface area contributed by atoms with Crippen molar-refractivity contribution in [2.75, 3.05) is 11.9 Å². The van der Waals surface area contributed by atoms with E-state index in [1.165, 1.54) is 6.07 Å². The molecule has 1 aromatic carbocycles. The number of hydrogen-bond acceptors (Lipinski definition) is 4. The summed E-state index contributed by atoms with van der Waals surface area (Å²) in [6.45, 7) is 0.437. The molecule has 5 nitrogen and oxygen atoms in total. The molecular formula is C13H15F3N2O3. The summed E-state index contributed by atoms with van der Waals surface area (Å²) in [5, 5.41) is 22.9. The van der Waals surface area contributed by atoms with Crippen LogP contribution in [-0.2, 0) is 6.18 Å². The van der Waals surface area contributed by atoms with Gasteiger partial charge in [-0.15, -0.1) is 0 Å². The van der Waals surface area contributed by atoms with Gasteiger partial charge < -0.3 is 10.4 Å². The van der Waals surface area contributed by atoms with Crippen LogP contribution in [0.1, 0.15) is 24.8 Å². The highest BCUT2D eigenvalue weighted by atomic mass is 19.4. The van der Waals surface area contributed by atoms with Crippen LogP contribution in [0.25, 0.3) is 0 Å². The summed E-state index contributed by atoms with van der Waals surface area (Å²) in [5.41, 5.74) is -2.03. The molecule has 0 bridgehead atoms. The van der Waals surface area contributed by atoms with E-state index in [1.54, 1.807) is 0 Å². The first-order valence-electron chi connectivity index (χ1n) is 6.55. The molecule has 0 radical (unpaired) electrons. The molecule has 0 spiro atoms. The summed E-state index contributed by atoms with van der Waals surface area (Å²) < 4.78 is 38.4. The lowest BCUT2D eigenvalue weighted by molar-refractivity contribution is -0.388. The molecule has 2 unspecified atom stereocenters. The monoisotopic (exact) mass is 304 g/mol. The van der Waals surface area contributed by atoms with Crippen LogP contribution in [0.2, 0.25) is 0 Å². The summed E-state index contributed by atoms with van der Waals surface area (Å²) in [6.07, 6.45) is -3.00. The molecule has 2 atom stereocenters. The zero-order valence-electron chi connectivity index (χ0n) is 11.1. The van der Waals surface area contributed by atoms with Crippen molar-refractivity contribution in [3.05, 3.63) is 33.9 Å². The Morgan fingerprint density at radius 3 is 2.62 bits per heavy atom. The van der Waals surface area contributed by atoms with E-state index in [-0.39, 0.29) is 17.7 Å². The molecule has 0 aliphatic heterocycles. The average molecular weight is 304 g/mol. The van der Waals surface area contributed by atoms with Gasteiger partial charge in [0.1, 0.15) is 5.56 Å². The molecule has 1 saturated carbocycles. The number of aliphatic hydroxyl groups is 1. The highest BCUT2D eigenvalue weighted by molar-refractivity contribution is 5.55. The number of nitro groups is 1. The number of nitrogens with zero attached hydrogens (tertiary/aromatic N) is 1. The van der Waals surface area contributed by atoms with Crippen molar-refractivity contribution in [2.24, 2.45) is 5.92 Å². The summed E-state index contributed by atoms with van der Waals surface area (Å²) in [5.74, 6) is 0.199. The fraction of sp³-hybridized carbons (Fsp3) is 0.538. The van der Waals surface area contributed by atoms with Gasteiger partial charge in [-0.05, 0) is 37.3 Å². The van der Waals surface area contributed by atoms with Gasteiger partial charge >= 0.3 is 6.18 Å². The maximum atomic E-state index is 12.8. The standard InChI is InChI=1S/C13H15F3N2O3/c14-13(15,16)11-6-9(2-4-12(11)18(20)21)17-7-8-1-3-10(19)5-8/h2,4,6,8,10,17,19H,1,3,5,7H2. The topological polar surface area (TPSA) is 75.4 Å². The third-order valence-corrected chi connectivity index (χ3v) is 3.61. The van der Waals surface area contributed by atoms with E-state index in [2.05, 4.69) is 5.32 Å². The number of benzene rings is 1. The quantitative estimate of drug-likeness (QED) is 0.661. The molecule has 0 aromatic heterocycles. The van der Waals surface area contributed by atoms with Gasteiger partial charge in [0.25, 0.3) is 5.69 Å². The zero-order valence-corrected chi connectivity index (χ0v) is 11.1. The molecule has 0 amide bonds. The molecule has 116 valence electrons. The number of nitro benzene ring substituents is 1. The molecule has 1 aromatic rings. The van der Waals surface area contributed by atoms with Crippen LogP contribution in [0.5, 0.6) is 0 Å². The molecule has 1 fully saturated rings. The lowest BCUT2D eigenvalue weighted by Crippen LogP contribution is -2.14. The van der Waals surface area contributed by atoms with Crippen molar-refractivity contribution in [2.45, 2.75) is 31.5 Å². The third kappa shape index (κ3) is 3.84. The van der Waals surface area contributed by atoms with Gasteiger partial charge in [0.05, 0.1) is 11.0 Å². The number of hydrogen-bond donors (Lipinski definition) is 2. The van der Waals surface area contributed by atoms with E-state index in [4.69, 9.17) is 0 Å². The van der Waals surface area contributed by atoms with Crippen LogP contribution in [0.3, 0.4) is 0 Å². The minimum absolute atomic E-state index is 0.189. The van der Waals surface area contributed by atoms with Crippen LogP contribution < -0.4 is 5.32 Å². The van der Waals surface area contributed by atoms with Gasteiger partial charge in [-0.1, -0.05) is 0 Å². The first-order chi connectivity index (χ1) is 9.77. The summed E-state index contributed by atoms with van der Waals surface area (Å²) in [4.78, 5) is 9.60. The lowest BCUT2D eigenvalue weighted by Gasteiger charge is -2.14. The second kappa shape index (κ2) is 5.88. The van der Waals surface area contributed by atoms with Gasteiger partial charge in [-0.3, -0.25) is 10.1 Å². The summed E-state index contributed by atoms with van der Waals surface area (Å²) >= 11 is 0. The van der Waals surface area contributed by atoms with E-state index < -0.39 is 22.4 Å². The molecule has 0 heterocycles. The number of nitrogens with one attached hydrogen (secondary N) is 1. The van der Waals surface area contributed by atoms with Crippen molar-refractivity contribution >= 4 is 11.4 Å². The van der Waals surface area contributed by atoms with Crippen LogP contribution in [-0.4, -0.2) is 22.7 Å². The molecule has 1 aliphatic carbocycles. The molecule has 1 aliphatic rings. The Kier molecular flexibility index (Phi) is 4.36. The van der Waals surface area contributed by atoms with E-state index in [1.807, 2.05) is 0 Å². The Morgan fingerprint density at radius 1 is 1.38 bits per heavy atom. The van der Waals surface area contributed by atoms with Crippen LogP contribution in [0.4, 0.5) is 24.5 Å². The smallest absolute Gasteiger partial charge is 0.393 e. The maximum Gasteiger partial charge on any atom is 0.423 e. The molecule has 0 saturated heterocycles. The highest BCUT2D eigenvalue weighted by Gasteiger charge is 2.38. The zero-order chi connectivity index (χ0) is 15.6. The Morgan fingerprint density at radius 2 is 2.10 bits per heavy atom. The van der Waals surface area contributed by atoms with E-state index >= 15 is 0 Å². The Balaban J connectivity index is 2.12. The second-order valence-electron chi connectivity index (χ2n) is 5.20. The molecular weight excluding hydrogens is 289 g/mol. The van der Waals surface area contributed by atoms with Gasteiger partial charge in [0.2, 0.25) is 0 Å². The molecule has 8 heteroatoms. The van der Waals surface area contributed by atoms with Gasteiger partial charge in [-0.2, -0.15) is 13.2 Å². The predicted octanol–water partition coefficient (Wildman–Crippen LogP) is 3.19. The van der Waals surface area contributed by atoms with Crippen LogP contribution in [0.15, 0.2) is 18.2 Å². The summed E-state index contributed by atoms with van der Waals surface area (Å²) in [6, 6.07) is 2.87. The fourth-order valence-corrected chi connectivity index (χ4v) is 2.53. The van der Waals surface area contributed by atoms with Gasteiger partial charge in [-0.25, -0.2) is 0 Å². The molecule has 21 heavy (non-hydrogen) atoms. The normalized spacial score (nSPS) is 22.3. The third-order valence-electron chi connectivity index (χ3n) is 3.61. The number of aliphatic hydroxyl groups excluding tert-OH is 1. The van der Waals surface area contributed by atoms with Crippen LogP contribution >= 0.6 is 0 Å². The van der Waals surface area contributed by atoms with Gasteiger partial charge in [0, 0.05) is 18.3 Å². The largest absolute Gasteiger partial charge is 0.423 e. The maximum absolute atomic E-state index is 12.8. The first-order valence-corrected chi connectivity index (χ1v) is 6.55. The molecule has 2 rings (SSSR count). The van der Waals surface area contributed by atoms with Crippen molar-refractivity contribution in [3.63, 3.8) is 0 Å². The Bertz CT molecular complexity index is 534. The van der Waals surface area contributed by atoms with E-state index in [0.29, 0.717) is 19.4 Å². The van der Waals surface area contributed by atoms with Gasteiger partial charge in [0.15, 0.2) is 0 Å². The average Bonchev–Trinajstić information content (AvgIpc) is 2.81. The minimum Gasteiger partial charge on any atom is -0.393 e. The Hall–Kier alpha value is -1.83. The van der Waals surface area contributed by atoms with E-state index in [0.717, 1.165) is 18.6 Å². The van der Waals surface area contributed by atoms with Crippen LogP contribution in [0, 0.1) is 16.0 Å². The predicted molar refractivity (Wildman–Crippen MR) is 69.9 cm³/mol. The van der Waals surface area contributed by atoms with E-state index in [9.17, 15) is 28.4 Å². The SMILES string of the molecule is O=[N+]([O-])c1ccc(NCC2CCC(O)C2)cc1C(F)(F)F. The first kappa shape index (κ1) is 15.6. The highest BCUT2D eigenvalue weighted by Crippen LogP contribution is 2.37. The number of rotatable bonds is 4. The summed E-state index contributed by atoms with van der Waals surface area (Å²) in [7, 11) is 0. The number of anilines is 1. The lowest BCUT2D eigenvalue weighted by atomic mass is 10.1. The number of alkyl halides is 3. The fourth-order valence-electron chi connectivity index (χ4n) is 2.53. The number of halogens is 3. The van der Waals surface area contributed by atoms with Crippen molar-refractivity contribution in [1.29, 1.82) is 0 Å². The second-order valence-corrected chi connectivity index (χ2v) is 5.20. The van der Waals surface area contributed by atoms with Crippen molar-refractivity contribution in [1.82, 2.24) is 0 Å². The van der Waals surface area contributed by atoms with Crippen molar-refractivity contribution in [3.8, 4) is 0 Å². The Labute approximate surface area is 118 Å². The minimum atomic E-state index is -4.77. The van der Waals surface area contributed by atoms with Crippen molar-refractivity contribution < 1.29 is 23.2 Å². The molecule has 2 N–H and O–H groups in total.